The monoisotopic (exact) mass is 537 g/mol. The van der Waals surface area contributed by atoms with Gasteiger partial charge in [0.25, 0.3) is 11.8 Å². The van der Waals surface area contributed by atoms with Crippen molar-refractivity contribution in [1.82, 2.24) is 4.90 Å². The highest BCUT2D eigenvalue weighted by Gasteiger charge is 2.34. The minimum Gasteiger partial charge on any atom is -0.366 e. The maximum absolute atomic E-state index is 13.9. The van der Waals surface area contributed by atoms with Gasteiger partial charge in [0, 0.05) is 23.7 Å². The average Bonchev–Trinajstić information content (AvgIpc) is 2.96. The number of hydrogen-bond acceptors (Lipinski definition) is 3. The summed E-state index contributed by atoms with van der Waals surface area (Å²) >= 11 is 0. The fourth-order valence-corrected chi connectivity index (χ4v) is 5.53. The molecule has 0 aliphatic heterocycles. The standard InChI is InChI=1S/C33H39N5O2/c1-33(2,3)28-17-19-29(20-18-28)38(22-25-11-13-26(14-12-25)30(39)36-32(34)37-35)31(40)27-15-9-24(10-16-27)21-23-7-5-4-6-8-23/h4-16,28-29,35H,17-22H2,1-3H3,(H2,34,36,39). The Kier molecular flexibility index (Phi) is 9.25. The summed E-state index contributed by atoms with van der Waals surface area (Å²) in [5.41, 5.74) is 16.9. The van der Waals surface area contributed by atoms with Gasteiger partial charge in [-0.05, 0) is 84.4 Å². The molecule has 0 saturated heterocycles. The third-order valence-electron chi connectivity index (χ3n) is 7.96. The van der Waals surface area contributed by atoms with Crippen molar-refractivity contribution in [3.63, 3.8) is 0 Å². The van der Waals surface area contributed by atoms with Gasteiger partial charge in [-0.15, -0.1) is 5.11 Å². The first-order valence-corrected chi connectivity index (χ1v) is 13.9. The molecule has 1 aliphatic rings. The van der Waals surface area contributed by atoms with Gasteiger partial charge in [-0.25, -0.2) is 5.53 Å². The Balaban J connectivity index is 1.53. The molecule has 3 aromatic rings. The number of carbonyl (C=O) groups is 2. The summed E-state index contributed by atoms with van der Waals surface area (Å²) in [4.78, 5) is 31.8. The molecule has 0 atom stereocenters. The molecule has 3 aromatic carbocycles. The van der Waals surface area contributed by atoms with Crippen LogP contribution < -0.4 is 5.73 Å². The van der Waals surface area contributed by atoms with Crippen molar-refractivity contribution >= 4 is 17.8 Å². The molecular weight excluding hydrogens is 498 g/mol. The molecule has 0 spiro atoms. The van der Waals surface area contributed by atoms with Crippen LogP contribution in [-0.4, -0.2) is 28.7 Å². The second-order valence-electron chi connectivity index (χ2n) is 11.7. The van der Waals surface area contributed by atoms with E-state index in [1.807, 2.05) is 59.5 Å². The fraction of sp³-hybridized carbons (Fsp3) is 0.364. The van der Waals surface area contributed by atoms with Gasteiger partial charge in [0.2, 0.25) is 5.96 Å². The first-order valence-electron chi connectivity index (χ1n) is 13.9. The molecule has 0 heterocycles. The molecule has 2 amide bonds. The second kappa shape index (κ2) is 12.8. The third kappa shape index (κ3) is 7.50. The van der Waals surface area contributed by atoms with Gasteiger partial charge >= 0.3 is 0 Å². The van der Waals surface area contributed by atoms with Crippen molar-refractivity contribution in [3.05, 3.63) is 107 Å². The Bertz CT molecular complexity index is 1330. The first-order chi connectivity index (χ1) is 19.1. The zero-order chi connectivity index (χ0) is 28.7. The lowest BCUT2D eigenvalue weighted by atomic mass is 9.71. The lowest BCUT2D eigenvalue weighted by molar-refractivity contribution is 0.0530. The van der Waals surface area contributed by atoms with E-state index in [0.29, 0.717) is 23.6 Å². The van der Waals surface area contributed by atoms with E-state index in [0.717, 1.165) is 37.7 Å². The molecule has 7 heteroatoms. The summed E-state index contributed by atoms with van der Waals surface area (Å²) in [7, 11) is 0. The van der Waals surface area contributed by atoms with Crippen LogP contribution in [0.2, 0.25) is 0 Å². The number of benzene rings is 3. The summed E-state index contributed by atoms with van der Waals surface area (Å²) in [6.45, 7) is 7.36. The fourth-order valence-electron chi connectivity index (χ4n) is 5.53. The van der Waals surface area contributed by atoms with E-state index in [2.05, 4.69) is 43.0 Å². The lowest BCUT2D eigenvalue weighted by Crippen LogP contribution is -2.43. The van der Waals surface area contributed by atoms with E-state index < -0.39 is 5.91 Å². The van der Waals surface area contributed by atoms with Gasteiger partial charge in [-0.1, -0.05) is 75.4 Å². The average molecular weight is 538 g/mol. The normalized spacial score (nSPS) is 17.7. The Labute approximate surface area is 237 Å². The number of nitrogens with zero attached hydrogens (tertiary/aromatic N) is 3. The topological polar surface area (TPSA) is 112 Å². The molecule has 0 bridgehead atoms. The molecule has 0 radical (unpaired) electrons. The molecule has 4 rings (SSSR count). The number of nitrogens with two attached hydrogens (primary N) is 1. The maximum Gasteiger partial charge on any atom is 0.280 e. The minimum absolute atomic E-state index is 0.0278. The number of carbonyl (C=O) groups excluding carboxylic acids is 2. The van der Waals surface area contributed by atoms with E-state index in [4.69, 9.17) is 11.3 Å². The highest BCUT2D eigenvalue weighted by Crippen LogP contribution is 2.39. The van der Waals surface area contributed by atoms with E-state index in [1.54, 1.807) is 12.1 Å². The van der Waals surface area contributed by atoms with Crippen LogP contribution in [0.5, 0.6) is 0 Å². The molecule has 7 nitrogen and oxygen atoms in total. The molecule has 1 aliphatic carbocycles. The summed E-state index contributed by atoms with van der Waals surface area (Å²) in [5.74, 6) is -0.262. The number of hydrogen-bond donors (Lipinski definition) is 2. The molecular formula is C33H39N5O2. The molecule has 40 heavy (non-hydrogen) atoms. The summed E-state index contributed by atoms with van der Waals surface area (Å²) in [5, 5.41) is 2.97. The maximum atomic E-state index is 13.9. The van der Waals surface area contributed by atoms with Crippen LogP contribution >= 0.6 is 0 Å². The molecule has 0 aromatic heterocycles. The zero-order valence-electron chi connectivity index (χ0n) is 23.6. The predicted molar refractivity (Wildman–Crippen MR) is 158 cm³/mol. The number of amides is 2. The van der Waals surface area contributed by atoms with Gasteiger partial charge in [-0.3, -0.25) is 9.59 Å². The third-order valence-corrected chi connectivity index (χ3v) is 7.96. The highest BCUT2D eigenvalue weighted by molar-refractivity contribution is 6.02. The highest BCUT2D eigenvalue weighted by atomic mass is 16.2. The van der Waals surface area contributed by atoms with Crippen molar-refractivity contribution in [3.8, 4) is 0 Å². The van der Waals surface area contributed by atoms with Gasteiger partial charge < -0.3 is 10.6 Å². The second-order valence-corrected chi connectivity index (χ2v) is 11.7. The van der Waals surface area contributed by atoms with Crippen molar-refractivity contribution < 1.29 is 9.59 Å². The molecule has 208 valence electrons. The largest absolute Gasteiger partial charge is 0.366 e. The predicted octanol–water partition coefficient (Wildman–Crippen LogP) is 7.01. The molecule has 1 saturated carbocycles. The Morgan fingerprint density at radius 2 is 1.38 bits per heavy atom. The Hall–Kier alpha value is -4.13. The van der Waals surface area contributed by atoms with Crippen molar-refractivity contribution in [2.75, 3.05) is 0 Å². The first kappa shape index (κ1) is 28.9. The van der Waals surface area contributed by atoms with E-state index in [9.17, 15) is 9.59 Å². The molecule has 0 unspecified atom stereocenters. The molecule has 3 N–H and O–H groups in total. The van der Waals surface area contributed by atoms with Crippen LogP contribution in [0.15, 0.2) is 89.0 Å². The van der Waals surface area contributed by atoms with Gasteiger partial charge in [0.1, 0.15) is 0 Å². The Morgan fingerprint density at radius 3 is 1.95 bits per heavy atom. The van der Waals surface area contributed by atoms with Crippen LogP contribution in [0.4, 0.5) is 0 Å². The summed E-state index contributed by atoms with van der Waals surface area (Å²) in [6.07, 6.45) is 4.97. The Morgan fingerprint density at radius 1 is 0.825 bits per heavy atom. The van der Waals surface area contributed by atoms with Gasteiger partial charge in [-0.2, -0.15) is 4.99 Å². The lowest BCUT2D eigenvalue weighted by Gasteiger charge is -2.41. The number of aliphatic imine (C=N–C) groups is 1. The molecule has 1 fully saturated rings. The summed E-state index contributed by atoms with van der Waals surface area (Å²) in [6, 6.07) is 25.5. The van der Waals surface area contributed by atoms with Crippen LogP contribution in [0, 0.1) is 16.9 Å². The van der Waals surface area contributed by atoms with Crippen LogP contribution in [0.1, 0.15) is 83.9 Å². The van der Waals surface area contributed by atoms with Crippen molar-refractivity contribution in [2.45, 2.75) is 65.5 Å². The zero-order valence-corrected chi connectivity index (χ0v) is 23.6. The van der Waals surface area contributed by atoms with Crippen LogP contribution in [0.25, 0.3) is 0 Å². The van der Waals surface area contributed by atoms with Crippen molar-refractivity contribution in [1.29, 1.82) is 5.53 Å². The number of nitrogens with one attached hydrogen (secondary N) is 1. The summed E-state index contributed by atoms with van der Waals surface area (Å²) < 4.78 is 0. The smallest absolute Gasteiger partial charge is 0.280 e. The number of rotatable bonds is 7. The van der Waals surface area contributed by atoms with Crippen molar-refractivity contribution in [2.24, 2.45) is 27.2 Å². The SMILES string of the molecule is CC(C)(C)C1CCC(N(Cc2ccc(C(=O)N=C(N)N=N)cc2)C(=O)c2ccc(Cc3ccccc3)cc2)CC1. The van der Waals surface area contributed by atoms with Crippen LogP contribution in [0.3, 0.4) is 0 Å². The number of guanidine groups is 1. The van der Waals surface area contributed by atoms with E-state index >= 15 is 0 Å². The van der Waals surface area contributed by atoms with Gasteiger partial charge in [0.05, 0.1) is 0 Å². The van der Waals surface area contributed by atoms with E-state index in [1.165, 1.54) is 11.1 Å². The van der Waals surface area contributed by atoms with Crippen LogP contribution in [-0.2, 0) is 13.0 Å². The minimum atomic E-state index is -0.552. The van der Waals surface area contributed by atoms with E-state index in [-0.39, 0.29) is 23.3 Å². The van der Waals surface area contributed by atoms with Gasteiger partial charge in [0.15, 0.2) is 0 Å². The quantitative estimate of drug-likeness (QED) is 0.192.